The molecular weight excluding hydrogens is 192 g/mol. The Morgan fingerprint density at radius 2 is 2.27 bits per heavy atom. The normalized spacial score (nSPS) is 10.2. The van der Waals surface area contributed by atoms with E-state index in [2.05, 4.69) is 10.3 Å². The van der Waals surface area contributed by atoms with E-state index in [0.717, 1.165) is 5.56 Å². The molecule has 0 saturated carbocycles. The van der Waals surface area contributed by atoms with Gasteiger partial charge in [0.1, 0.15) is 0 Å². The largest absolute Gasteiger partial charge is 0.366 e. The first-order valence-electron chi connectivity index (χ1n) is 4.46. The van der Waals surface area contributed by atoms with Gasteiger partial charge in [0.15, 0.2) is 0 Å². The highest BCUT2D eigenvalue weighted by atomic mass is 16.1. The highest BCUT2D eigenvalue weighted by Crippen LogP contribution is 2.17. The van der Waals surface area contributed by atoms with Gasteiger partial charge in [-0.2, -0.15) is 0 Å². The molecule has 0 unspecified atom stereocenters. The lowest BCUT2D eigenvalue weighted by molar-refractivity contribution is 0.1000. The molecule has 5 heteroatoms. The van der Waals surface area contributed by atoms with Crippen molar-refractivity contribution in [1.82, 2.24) is 15.0 Å². The van der Waals surface area contributed by atoms with Gasteiger partial charge in [-0.05, 0) is 18.6 Å². The average molecular weight is 202 g/mol. The summed E-state index contributed by atoms with van der Waals surface area (Å²) in [5, 5.41) is 7.55. The summed E-state index contributed by atoms with van der Waals surface area (Å²) in [6.45, 7) is 1.89. The van der Waals surface area contributed by atoms with E-state index in [1.165, 1.54) is 4.68 Å². The molecule has 0 atom stereocenters. The minimum Gasteiger partial charge on any atom is -0.366 e. The summed E-state index contributed by atoms with van der Waals surface area (Å²) in [4.78, 5) is 11.2. The van der Waals surface area contributed by atoms with Crippen molar-refractivity contribution in [3.63, 3.8) is 0 Å². The van der Waals surface area contributed by atoms with Crippen molar-refractivity contribution >= 4 is 5.91 Å². The van der Waals surface area contributed by atoms with Crippen LogP contribution in [0.3, 0.4) is 0 Å². The number of hydrogen-bond donors (Lipinski definition) is 1. The van der Waals surface area contributed by atoms with E-state index < -0.39 is 5.91 Å². The first-order chi connectivity index (χ1) is 7.20. The number of para-hydroxylation sites is 1. The monoisotopic (exact) mass is 202 g/mol. The Morgan fingerprint density at radius 1 is 1.47 bits per heavy atom. The topological polar surface area (TPSA) is 73.8 Å². The van der Waals surface area contributed by atoms with Gasteiger partial charge in [-0.1, -0.05) is 17.3 Å². The van der Waals surface area contributed by atoms with Crippen molar-refractivity contribution in [2.24, 2.45) is 5.73 Å². The molecule has 0 bridgehead atoms. The fourth-order valence-electron chi connectivity index (χ4n) is 1.49. The fraction of sp³-hybridized carbons (Fsp3) is 0.100. The van der Waals surface area contributed by atoms with Gasteiger partial charge in [0.25, 0.3) is 5.91 Å². The Balaban J connectivity index is 2.68. The molecule has 0 spiro atoms. The number of primary amides is 1. The van der Waals surface area contributed by atoms with E-state index >= 15 is 0 Å². The highest BCUT2D eigenvalue weighted by molar-refractivity contribution is 5.97. The predicted molar refractivity (Wildman–Crippen MR) is 54.6 cm³/mol. The minimum absolute atomic E-state index is 0.445. The maximum atomic E-state index is 11.2. The summed E-state index contributed by atoms with van der Waals surface area (Å²) < 4.78 is 1.54. The van der Waals surface area contributed by atoms with Gasteiger partial charge >= 0.3 is 0 Å². The zero-order chi connectivity index (χ0) is 10.8. The van der Waals surface area contributed by atoms with Crippen LogP contribution in [0.25, 0.3) is 5.69 Å². The van der Waals surface area contributed by atoms with Gasteiger partial charge < -0.3 is 5.73 Å². The number of hydrogen-bond acceptors (Lipinski definition) is 3. The quantitative estimate of drug-likeness (QED) is 0.778. The number of nitrogens with two attached hydrogens (primary N) is 1. The van der Waals surface area contributed by atoms with Crippen LogP contribution >= 0.6 is 0 Å². The SMILES string of the molecule is Cc1cccc(C(N)=O)c1-n1ccnn1. The van der Waals surface area contributed by atoms with E-state index in [0.29, 0.717) is 11.3 Å². The zero-order valence-electron chi connectivity index (χ0n) is 8.21. The van der Waals surface area contributed by atoms with Crippen LogP contribution < -0.4 is 5.73 Å². The smallest absolute Gasteiger partial charge is 0.250 e. The van der Waals surface area contributed by atoms with Gasteiger partial charge in [-0.3, -0.25) is 4.79 Å². The molecule has 2 rings (SSSR count). The number of carbonyl (C=O) groups is 1. The number of nitrogens with zero attached hydrogens (tertiary/aromatic N) is 3. The molecule has 0 radical (unpaired) electrons. The van der Waals surface area contributed by atoms with Gasteiger partial charge in [0.2, 0.25) is 0 Å². The first-order valence-corrected chi connectivity index (χ1v) is 4.46. The van der Waals surface area contributed by atoms with E-state index in [-0.39, 0.29) is 0 Å². The van der Waals surface area contributed by atoms with Crippen LogP contribution in [0.2, 0.25) is 0 Å². The molecule has 76 valence electrons. The number of amides is 1. The lowest BCUT2D eigenvalue weighted by Crippen LogP contribution is -2.15. The summed E-state index contributed by atoms with van der Waals surface area (Å²) in [6, 6.07) is 5.35. The zero-order valence-corrected chi connectivity index (χ0v) is 8.21. The highest BCUT2D eigenvalue weighted by Gasteiger charge is 2.12. The molecule has 2 N–H and O–H groups in total. The summed E-state index contributed by atoms with van der Waals surface area (Å²) >= 11 is 0. The minimum atomic E-state index is -0.468. The molecule has 0 aliphatic carbocycles. The van der Waals surface area contributed by atoms with Gasteiger partial charge in [-0.15, -0.1) is 5.10 Å². The van der Waals surface area contributed by atoms with Crippen molar-refractivity contribution in [3.8, 4) is 5.69 Å². The third kappa shape index (κ3) is 1.59. The molecule has 0 fully saturated rings. The molecule has 0 aliphatic heterocycles. The summed E-state index contributed by atoms with van der Waals surface area (Å²) in [5.74, 6) is -0.468. The van der Waals surface area contributed by atoms with Crippen LogP contribution in [-0.2, 0) is 0 Å². The summed E-state index contributed by atoms with van der Waals surface area (Å²) in [6.07, 6.45) is 3.23. The number of aryl methyl sites for hydroxylation is 1. The van der Waals surface area contributed by atoms with Gasteiger partial charge in [0.05, 0.1) is 23.6 Å². The van der Waals surface area contributed by atoms with E-state index in [9.17, 15) is 4.79 Å². The lowest BCUT2D eigenvalue weighted by Gasteiger charge is -2.08. The molecule has 1 aromatic heterocycles. The van der Waals surface area contributed by atoms with Crippen molar-refractivity contribution in [2.45, 2.75) is 6.92 Å². The number of rotatable bonds is 2. The molecule has 5 nitrogen and oxygen atoms in total. The molecule has 15 heavy (non-hydrogen) atoms. The Bertz CT molecular complexity index is 490. The molecule has 2 aromatic rings. The van der Waals surface area contributed by atoms with Crippen molar-refractivity contribution in [1.29, 1.82) is 0 Å². The number of aromatic nitrogens is 3. The maximum Gasteiger partial charge on any atom is 0.250 e. The van der Waals surface area contributed by atoms with Crippen LogP contribution in [0, 0.1) is 6.92 Å². The van der Waals surface area contributed by atoms with Crippen molar-refractivity contribution < 1.29 is 4.79 Å². The lowest BCUT2D eigenvalue weighted by atomic mass is 10.1. The fourth-order valence-corrected chi connectivity index (χ4v) is 1.49. The standard InChI is InChI=1S/C10H10N4O/c1-7-3-2-4-8(10(11)15)9(7)14-6-5-12-13-14/h2-6H,1H3,(H2,11,15). The second kappa shape index (κ2) is 3.53. The summed E-state index contributed by atoms with van der Waals surface area (Å²) in [5.41, 5.74) is 7.34. The van der Waals surface area contributed by atoms with Crippen molar-refractivity contribution in [2.75, 3.05) is 0 Å². The number of carbonyl (C=O) groups excluding carboxylic acids is 1. The summed E-state index contributed by atoms with van der Waals surface area (Å²) in [7, 11) is 0. The Kier molecular flexibility index (Phi) is 2.21. The molecule has 1 aromatic carbocycles. The Labute approximate surface area is 86.5 Å². The van der Waals surface area contributed by atoms with E-state index in [4.69, 9.17) is 5.73 Å². The van der Waals surface area contributed by atoms with Crippen LogP contribution in [0.5, 0.6) is 0 Å². The van der Waals surface area contributed by atoms with E-state index in [1.54, 1.807) is 24.5 Å². The molecule has 1 amide bonds. The molecule has 0 saturated heterocycles. The van der Waals surface area contributed by atoms with Crippen LogP contribution in [0.15, 0.2) is 30.6 Å². The third-order valence-corrected chi connectivity index (χ3v) is 2.15. The van der Waals surface area contributed by atoms with Crippen LogP contribution in [0.4, 0.5) is 0 Å². The Morgan fingerprint density at radius 3 is 2.87 bits per heavy atom. The van der Waals surface area contributed by atoms with Crippen LogP contribution in [0.1, 0.15) is 15.9 Å². The number of benzene rings is 1. The second-order valence-corrected chi connectivity index (χ2v) is 3.18. The predicted octanol–water partition coefficient (Wildman–Crippen LogP) is 0.675. The second-order valence-electron chi connectivity index (χ2n) is 3.18. The van der Waals surface area contributed by atoms with Gasteiger partial charge in [0, 0.05) is 0 Å². The molecular formula is C10H10N4O. The van der Waals surface area contributed by atoms with Gasteiger partial charge in [-0.25, -0.2) is 4.68 Å². The van der Waals surface area contributed by atoms with Crippen LogP contribution in [-0.4, -0.2) is 20.9 Å². The molecule has 1 heterocycles. The molecule has 0 aliphatic rings. The Hall–Kier alpha value is -2.17. The maximum absolute atomic E-state index is 11.2. The van der Waals surface area contributed by atoms with Crippen molar-refractivity contribution in [3.05, 3.63) is 41.7 Å². The third-order valence-electron chi connectivity index (χ3n) is 2.15. The van der Waals surface area contributed by atoms with E-state index in [1.807, 2.05) is 13.0 Å². The average Bonchev–Trinajstić information content (AvgIpc) is 2.70. The first kappa shape index (κ1) is 9.39.